The third kappa shape index (κ3) is 5.89. The number of nitrogens with zero attached hydrogens (tertiary/aromatic N) is 2. The molecule has 0 N–H and O–H groups in total. The van der Waals surface area contributed by atoms with Crippen molar-refractivity contribution < 1.29 is 0 Å². The number of fused-ring (bicyclic) bond motifs is 2. The summed E-state index contributed by atoms with van der Waals surface area (Å²) in [5, 5.41) is 0. The molecular weight excluding hydrogens is 641 g/mol. The second kappa shape index (κ2) is 13.5. The van der Waals surface area contributed by atoms with Crippen LogP contribution in [0.15, 0.2) is 206 Å². The maximum Gasteiger partial charge on any atom is 0.0503 e. The minimum absolute atomic E-state index is 0.190. The van der Waals surface area contributed by atoms with Crippen molar-refractivity contribution in [2.75, 3.05) is 9.80 Å². The van der Waals surface area contributed by atoms with Gasteiger partial charge >= 0.3 is 0 Å². The quantitative estimate of drug-likeness (QED) is 0.165. The molecule has 0 radical (unpaired) electrons. The van der Waals surface area contributed by atoms with Gasteiger partial charge in [0.15, 0.2) is 0 Å². The fraction of sp³-hybridized carbons (Fsp3) is 0.0588. The van der Waals surface area contributed by atoms with Crippen LogP contribution in [0.3, 0.4) is 0 Å². The number of hydrogen-bond acceptors (Lipinski definition) is 2. The Hall–Kier alpha value is -6.64. The Morgan fingerprint density at radius 1 is 0.358 bits per heavy atom. The van der Waals surface area contributed by atoms with Crippen LogP contribution in [0.2, 0.25) is 0 Å². The zero-order valence-electron chi connectivity index (χ0n) is 30.0. The third-order valence-electron chi connectivity index (χ3n) is 10.7. The fourth-order valence-corrected chi connectivity index (χ4v) is 7.96. The smallest absolute Gasteiger partial charge is 0.0503 e. The summed E-state index contributed by atoms with van der Waals surface area (Å²) >= 11 is 0. The molecule has 0 aliphatic carbocycles. The topological polar surface area (TPSA) is 6.48 Å². The first kappa shape index (κ1) is 32.3. The molecule has 0 atom stereocenters. The number of benzene rings is 8. The van der Waals surface area contributed by atoms with Gasteiger partial charge in [0.05, 0.1) is 11.4 Å². The van der Waals surface area contributed by atoms with Gasteiger partial charge in [0.1, 0.15) is 0 Å². The maximum absolute atomic E-state index is 2.44. The van der Waals surface area contributed by atoms with E-state index in [9.17, 15) is 0 Å². The molecule has 1 heterocycles. The van der Waals surface area contributed by atoms with E-state index < -0.39 is 0 Å². The number of rotatable bonds is 7. The van der Waals surface area contributed by atoms with Gasteiger partial charge in [-0.25, -0.2) is 0 Å². The number of hydrogen-bond donors (Lipinski definition) is 0. The van der Waals surface area contributed by atoms with E-state index >= 15 is 0 Å². The average Bonchev–Trinajstić information content (AvgIpc) is 3.23. The van der Waals surface area contributed by atoms with E-state index in [-0.39, 0.29) is 5.41 Å². The largest absolute Gasteiger partial charge is 0.311 e. The lowest BCUT2D eigenvalue weighted by molar-refractivity contribution is 0.632. The molecule has 0 aromatic heterocycles. The predicted octanol–water partition coefficient (Wildman–Crippen LogP) is 14.3. The molecule has 1 aliphatic heterocycles. The monoisotopic (exact) mass is 680 g/mol. The van der Waals surface area contributed by atoms with E-state index in [0.29, 0.717) is 0 Å². The Morgan fingerprint density at radius 3 is 1.43 bits per heavy atom. The van der Waals surface area contributed by atoms with Crippen molar-refractivity contribution in [1.29, 1.82) is 0 Å². The second-order valence-corrected chi connectivity index (χ2v) is 14.2. The summed E-state index contributed by atoms with van der Waals surface area (Å²) < 4.78 is 0. The Balaban J connectivity index is 1.09. The fourth-order valence-electron chi connectivity index (χ4n) is 7.96. The lowest BCUT2D eigenvalue weighted by atomic mass is 9.73. The van der Waals surface area contributed by atoms with Crippen molar-refractivity contribution in [1.82, 2.24) is 0 Å². The first-order valence-corrected chi connectivity index (χ1v) is 18.4. The zero-order chi connectivity index (χ0) is 35.8. The van der Waals surface area contributed by atoms with Crippen molar-refractivity contribution >= 4 is 34.1 Å². The van der Waals surface area contributed by atoms with Crippen molar-refractivity contribution in [2.45, 2.75) is 19.3 Å². The summed E-state index contributed by atoms with van der Waals surface area (Å²) in [6.45, 7) is 4.71. The highest BCUT2D eigenvalue weighted by atomic mass is 15.2. The molecule has 2 heteroatoms. The van der Waals surface area contributed by atoms with Crippen LogP contribution in [-0.4, -0.2) is 0 Å². The van der Waals surface area contributed by atoms with Crippen molar-refractivity contribution in [2.24, 2.45) is 0 Å². The molecule has 0 bridgehead atoms. The van der Waals surface area contributed by atoms with Crippen LogP contribution in [0.1, 0.15) is 25.0 Å². The number of para-hydroxylation sites is 3. The van der Waals surface area contributed by atoms with Gasteiger partial charge in [0, 0.05) is 28.2 Å². The Morgan fingerprint density at radius 2 is 0.811 bits per heavy atom. The summed E-state index contributed by atoms with van der Waals surface area (Å²) in [5.74, 6) is 0. The number of anilines is 6. The van der Waals surface area contributed by atoms with Crippen molar-refractivity contribution in [3.05, 3.63) is 217 Å². The van der Waals surface area contributed by atoms with Crippen LogP contribution in [-0.2, 0) is 5.41 Å². The molecule has 0 saturated heterocycles. The standard InChI is InChI=1S/C51H40N2/c1-51(2)47-24-14-15-25-49(47)53(44-33-28-39(29-34-44)46-23-13-12-22-45(46)38-16-6-3-7-17-38)50-35-30-40(36-48(50)51)37-26-31-43(32-27-37)52(41-18-8-4-9-19-41)42-20-10-5-11-21-42/h3-36H,1-2H3. The van der Waals surface area contributed by atoms with Crippen LogP contribution < -0.4 is 9.80 Å². The summed E-state index contributed by atoms with van der Waals surface area (Å²) in [4.78, 5) is 4.74. The van der Waals surface area contributed by atoms with Crippen molar-refractivity contribution in [3.63, 3.8) is 0 Å². The molecule has 1 aliphatic rings. The lowest BCUT2D eigenvalue weighted by Gasteiger charge is -2.42. The highest BCUT2D eigenvalue weighted by molar-refractivity contribution is 5.90. The molecule has 0 spiro atoms. The minimum atomic E-state index is -0.190. The van der Waals surface area contributed by atoms with Crippen LogP contribution in [0.25, 0.3) is 33.4 Å². The van der Waals surface area contributed by atoms with E-state index in [4.69, 9.17) is 0 Å². The van der Waals surface area contributed by atoms with E-state index in [1.165, 1.54) is 55.9 Å². The van der Waals surface area contributed by atoms with Gasteiger partial charge in [-0.3, -0.25) is 0 Å². The minimum Gasteiger partial charge on any atom is -0.311 e. The first-order chi connectivity index (χ1) is 26.1. The molecule has 0 amide bonds. The molecular formula is C51H40N2. The van der Waals surface area contributed by atoms with Gasteiger partial charge in [-0.05, 0) is 111 Å². The van der Waals surface area contributed by atoms with Gasteiger partial charge in [0.25, 0.3) is 0 Å². The van der Waals surface area contributed by atoms with E-state index in [0.717, 1.165) is 22.7 Å². The summed E-state index contributed by atoms with van der Waals surface area (Å²) in [6.07, 6.45) is 0. The molecule has 53 heavy (non-hydrogen) atoms. The Bertz CT molecular complexity index is 2460. The van der Waals surface area contributed by atoms with Gasteiger partial charge < -0.3 is 9.80 Å². The zero-order valence-corrected chi connectivity index (χ0v) is 30.0. The van der Waals surface area contributed by atoms with Gasteiger partial charge in [-0.1, -0.05) is 153 Å². The lowest BCUT2D eigenvalue weighted by Crippen LogP contribution is -2.30. The molecule has 0 unspecified atom stereocenters. The first-order valence-electron chi connectivity index (χ1n) is 18.4. The van der Waals surface area contributed by atoms with E-state index in [1.54, 1.807) is 0 Å². The SMILES string of the molecule is CC1(C)c2ccccc2N(c2ccc(-c3ccccc3-c3ccccc3)cc2)c2ccc(-c3ccc(N(c4ccccc4)c4ccccc4)cc3)cc21. The Kier molecular flexibility index (Phi) is 8.21. The van der Waals surface area contributed by atoms with Gasteiger partial charge in [0.2, 0.25) is 0 Å². The highest BCUT2D eigenvalue weighted by Gasteiger charge is 2.37. The maximum atomic E-state index is 2.44. The predicted molar refractivity (Wildman–Crippen MR) is 224 cm³/mol. The summed E-state index contributed by atoms with van der Waals surface area (Å²) in [7, 11) is 0. The van der Waals surface area contributed by atoms with Gasteiger partial charge in [-0.2, -0.15) is 0 Å². The molecule has 254 valence electrons. The normalized spacial score (nSPS) is 12.8. The average molecular weight is 681 g/mol. The van der Waals surface area contributed by atoms with Crippen LogP contribution in [0.5, 0.6) is 0 Å². The Labute approximate surface area is 312 Å². The van der Waals surface area contributed by atoms with Crippen molar-refractivity contribution in [3.8, 4) is 33.4 Å². The van der Waals surface area contributed by atoms with Crippen LogP contribution in [0.4, 0.5) is 34.1 Å². The molecule has 2 nitrogen and oxygen atoms in total. The summed E-state index contributed by atoms with van der Waals surface area (Å²) in [6, 6.07) is 74.4. The third-order valence-corrected chi connectivity index (χ3v) is 10.7. The molecule has 8 aromatic carbocycles. The summed E-state index contributed by atoms with van der Waals surface area (Å²) in [5.41, 5.74) is 16.7. The highest BCUT2D eigenvalue weighted by Crippen LogP contribution is 2.53. The molecule has 0 fully saturated rings. The van der Waals surface area contributed by atoms with E-state index in [2.05, 4.69) is 230 Å². The van der Waals surface area contributed by atoms with Gasteiger partial charge in [-0.15, -0.1) is 0 Å². The van der Waals surface area contributed by atoms with Crippen LogP contribution >= 0.6 is 0 Å². The molecule has 8 aromatic rings. The van der Waals surface area contributed by atoms with Crippen LogP contribution in [0, 0.1) is 0 Å². The molecule has 0 saturated carbocycles. The second-order valence-electron chi connectivity index (χ2n) is 14.2. The molecule has 9 rings (SSSR count). The van der Waals surface area contributed by atoms with E-state index in [1.807, 2.05) is 0 Å².